The minimum absolute atomic E-state index is 0.148. The van der Waals surface area contributed by atoms with Crippen molar-refractivity contribution in [1.82, 2.24) is 27.9 Å². The molecule has 0 N–H and O–H groups in total. The Labute approximate surface area is 323 Å². The summed E-state index contributed by atoms with van der Waals surface area (Å²) in [5.41, 5.74) is 3.54. The first-order chi connectivity index (χ1) is 25.2. The fraction of sp³-hybridized carbons (Fsp3) is 0.615. The predicted molar refractivity (Wildman–Crippen MR) is 211 cm³/mol. The largest absolute Gasteiger partial charge is 0.261 e. The maximum Gasteiger partial charge on any atom is 0.220 e. The molecule has 0 radical (unpaired) electrons. The van der Waals surface area contributed by atoms with Gasteiger partial charge in [-0.25, -0.2) is 25.3 Å². The van der Waals surface area contributed by atoms with Crippen LogP contribution < -0.4 is 0 Å². The number of hydrogen-bond donors (Lipinski definition) is 0. The Morgan fingerprint density at radius 3 is 1.41 bits per heavy atom. The summed E-state index contributed by atoms with van der Waals surface area (Å²) in [6, 6.07) is 11.9. The van der Waals surface area contributed by atoms with Gasteiger partial charge >= 0.3 is 0 Å². The molecule has 1 unspecified atom stereocenters. The highest BCUT2D eigenvalue weighted by molar-refractivity contribution is 7.91. The smallest absolute Gasteiger partial charge is 0.220 e. The van der Waals surface area contributed by atoms with E-state index in [0.29, 0.717) is 56.7 Å². The van der Waals surface area contributed by atoms with E-state index in [1.54, 1.807) is 80.0 Å². The number of aromatic nitrogens is 3. The molecule has 0 aliphatic carbocycles. The lowest BCUT2D eigenvalue weighted by Crippen LogP contribution is -2.46. The molecule has 0 aromatic carbocycles. The van der Waals surface area contributed by atoms with Crippen molar-refractivity contribution in [3.8, 4) is 0 Å². The van der Waals surface area contributed by atoms with Crippen molar-refractivity contribution in [2.24, 2.45) is 0 Å². The number of hydrogen-bond acceptors (Lipinski definition) is 9. The van der Waals surface area contributed by atoms with Crippen molar-refractivity contribution >= 4 is 30.1 Å². The molecule has 0 amide bonds. The van der Waals surface area contributed by atoms with Gasteiger partial charge in [-0.2, -0.15) is 12.9 Å². The highest BCUT2D eigenvalue weighted by atomic mass is 32.2. The first kappa shape index (κ1) is 40.8. The summed E-state index contributed by atoms with van der Waals surface area (Å²) in [6.45, 7) is 13.3. The molecule has 3 aliphatic heterocycles. The molecule has 0 spiro atoms. The van der Waals surface area contributed by atoms with E-state index in [-0.39, 0.29) is 24.9 Å². The maximum absolute atomic E-state index is 14.5. The number of sulfonamides is 3. The van der Waals surface area contributed by atoms with Crippen LogP contribution in [-0.4, -0.2) is 87.0 Å². The van der Waals surface area contributed by atoms with Gasteiger partial charge in [0.1, 0.15) is 0 Å². The normalized spacial score (nSPS) is 23.0. The summed E-state index contributed by atoms with van der Waals surface area (Å²) in [4.78, 5) is 13.6. The van der Waals surface area contributed by atoms with Crippen LogP contribution in [0.15, 0.2) is 61.1 Å². The topological polar surface area (TPSA) is 151 Å². The zero-order valence-electron chi connectivity index (χ0n) is 32.6. The Hall–Kier alpha value is -2.82. The van der Waals surface area contributed by atoms with Crippen molar-refractivity contribution < 1.29 is 25.3 Å². The Kier molecular flexibility index (Phi) is 11.3. The molecule has 0 bridgehead atoms. The van der Waals surface area contributed by atoms with Crippen LogP contribution in [0.2, 0.25) is 0 Å². The molecule has 296 valence electrons. The van der Waals surface area contributed by atoms with E-state index in [1.807, 2.05) is 42.5 Å². The van der Waals surface area contributed by atoms with Gasteiger partial charge in [0, 0.05) is 74.5 Å². The summed E-state index contributed by atoms with van der Waals surface area (Å²) in [7, 11) is -11.2. The summed E-state index contributed by atoms with van der Waals surface area (Å²) >= 11 is 0. The van der Waals surface area contributed by atoms with E-state index < -0.39 is 50.4 Å². The molecule has 6 rings (SSSR count). The van der Waals surface area contributed by atoms with Gasteiger partial charge in [-0.3, -0.25) is 15.0 Å². The molecule has 3 aliphatic rings. The molecular weight excluding hydrogens is 745 g/mol. The van der Waals surface area contributed by atoms with Crippen molar-refractivity contribution in [2.75, 3.05) is 19.6 Å². The molecule has 0 saturated carbocycles. The third-order valence-corrected chi connectivity index (χ3v) is 19.2. The summed E-state index contributed by atoms with van der Waals surface area (Å²) in [5.74, 6) is 0. The SMILES string of the molecule is CC(C)(C)S(=O)(=O)N1CCC[C@H]1c1ccnc(CC(C)(C)S(=O)(=O)N2CCCC2c2ccnc(CC(C)(C)S(=O)(=O)N3CCC[C@@H]3c3ccccn3)c2)c1. The molecule has 3 fully saturated rings. The number of nitrogens with zero attached hydrogens (tertiary/aromatic N) is 6. The van der Waals surface area contributed by atoms with Crippen molar-refractivity contribution in [2.45, 2.75) is 132 Å². The third kappa shape index (κ3) is 7.65. The van der Waals surface area contributed by atoms with E-state index in [1.165, 1.54) is 0 Å². The second-order valence-corrected chi connectivity index (χ2v) is 24.9. The molecule has 3 saturated heterocycles. The average molecular weight is 801 g/mol. The molecule has 6 heterocycles. The van der Waals surface area contributed by atoms with Crippen molar-refractivity contribution in [3.63, 3.8) is 0 Å². The van der Waals surface area contributed by atoms with Gasteiger partial charge in [0.05, 0.1) is 26.0 Å². The van der Waals surface area contributed by atoms with Crippen LogP contribution in [0.4, 0.5) is 0 Å². The van der Waals surface area contributed by atoms with Crippen LogP contribution in [0.5, 0.6) is 0 Å². The van der Waals surface area contributed by atoms with Gasteiger partial charge < -0.3 is 0 Å². The van der Waals surface area contributed by atoms with Crippen LogP contribution in [0.1, 0.15) is 133 Å². The summed E-state index contributed by atoms with van der Waals surface area (Å²) in [6.07, 6.45) is 9.54. The van der Waals surface area contributed by atoms with E-state index in [2.05, 4.69) is 15.0 Å². The zero-order valence-corrected chi connectivity index (χ0v) is 35.1. The van der Waals surface area contributed by atoms with E-state index in [4.69, 9.17) is 0 Å². The molecular formula is C39H56N6O6S3. The minimum Gasteiger partial charge on any atom is -0.261 e. The Morgan fingerprint density at radius 2 is 0.981 bits per heavy atom. The lowest BCUT2D eigenvalue weighted by molar-refractivity contribution is 0.370. The van der Waals surface area contributed by atoms with Crippen LogP contribution in [0.3, 0.4) is 0 Å². The zero-order chi connectivity index (χ0) is 39.3. The van der Waals surface area contributed by atoms with Crippen LogP contribution in [-0.2, 0) is 42.9 Å². The monoisotopic (exact) mass is 800 g/mol. The molecule has 3 aromatic rings. The fourth-order valence-electron chi connectivity index (χ4n) is 8.26. The van der Waals surface area contributed by atoms with E-state index >= 15 is 0 Å². The first-order valence-electron chi connectivity index (χ1n) is 19.0. The maximum atomic E-state index is 14.5. The predicted octanol–water partition coefficient (Wildman–Crippen LogP) is 6.11. The Balaban J connectivity index is 1.19. The van der Waals surface area contributed by atoms with Gasteiger partial charge in [-0.15, -0.1) is 0 Å². The van der Waals surface area contributed by atoms with Gasteiger partial charge in [-0.05, 0) is 135 Å². The van der Waals surface area contributed by atoms with Crippen LogP contribution >= 0.6 is 0 Å². The van der Waals surface area contributed by atoms with Crippen LogP contribution in [0.25, 0.3) is 0 Å². The van der Waals surface area contributed by atoms with Crippen LogP contribution in [0, 0.1) is 0 Å². The molecule has 12 nitrogen and oxygen atoms in total. The number of pyridine rings is 3. The standard InChI is InChI=1S/C39H56N6O6S3/c1-37(2,3)52(46,47)43-22-10-14-34(43)29-17-20-40-31(25-29)27-38(4,5)53(48,49)44-23-11-15-35(44)30-18-21-41-32(26-30)28-39(6,7)54(50,51)45-24-12-16-36(45)33-13-8-9-19-42-33/h8-9,13,17-21,25-26,34-36H,10-12,14-16,22-24,27-28H2,1-7H3/t34-,35?,36+/m0/s1. The summed E-state index contributed by atoms with van der Waals surface area (Å²) in [5, 5.41) is 0. The molecule has 3 atom stereocenters. The van der Waals surface area contributed by atoms with Gasteiger partial charge in [0.25, 0.3) is 0 Å². The Morgan fingerprint density at radius 1 is 0.556 bits per heavy atom. The highest BCUT2D eigenvalue weighted by Gasteiger charge is 2.47. The van der Waals surface area contributed by atoms with Gasteiger partial charge in [0.2, 0.25) is 30.1 Å². The number of rotatable bonds is 12. The van der Waals surface area contributed by atoms with Crippen molar-refractivity contribution in [1.29, 1.82) is 0 Å². The lowest BCUT2D eigenvalue weighted by Gasteiger charge is -2.34. The lowest BCUT2D eigenvalue weighted by atomic mass is 10.0. The average Bonchev–Trinajstić information content (AvgIpc) is 3.90. The van der Waals surface area contributed by atoms with E-state index in [9.17, 15) is 25.3 Å². The summed E-state index contributed by atoms with van der Waals surface area (Å²) < 4.78 is 85.7. The molecule has 54 heavy (non-hydrogen) atoms. The second kappa shape index (κ2) is 14.9. The quantitative estimate of drug-likeness (QED) is 0.211. The van der Waals surface area contributed by atoms with E-state index in [0.717, 1.165) is 29.7 Å². The second-order valence-electron chi connectivity index (χ2n) is 17.2. The van der Waals surface area contributed by atoms with Gasteiger partial charge in [0.15, 0.2) is 0 Å². The van der Waals surface area contributed by atoms with Crippen molar-refractivity contribution in [3.05, 3.63) is 89.3 Å². The Bertz CT molecular complexity index is 2160. The highest BCUT2D eigenvalue weighted by Crippen LogP contribution is 2.42. The molecule has 3 aromatic heterocycles. The fourth-order valence-corrected chi connectivity index (χ4v) is 13.7. The third-order valence-electron chi connectivity index (χ3n) is 11.4. The first-order valence-corrected chi connectivity index (χ1v) is 23.3. The molecule has 15 heteroatoms. The van der Waals surface area contributed by atoms with Gasteiger partial charge in [-0.1, -0.05) is 6.07 Å². The minimum atomic E-state index is -3.88.